The molecule has 0 saturated carbocycles. The van der Waals surface area contributed by atoms with E-state index >= 15 is 0 Å². The second-order valence-electron chi connectivity index (χ2n) is 4.83. The van der Waals surface area contributed by atoms with E-state index in [-0.39, 0.29) is 5.91 Å². The monoisotopic (exact) mass is 297 g/mol. The second-order valence-corrected chi connectivity index (χ2v) is 6.50. The van der Waals surface area contributed by atoms with E-state index in [1.165, 1.54) is 11.2 Å². The number of hydrogen-bond acceptors (Lipinski definition) is 3. The molecule has 1 amide bonds. The Balaban J connectivity index is 2.10. The van der Waals surface area contributed by atoms with E-state index < -0.39 is 10.2 Å². The smallest absolute Gasteiger partial charge is 0.301 e. The van der Waals surface area contributed by atoms with Gasteiger partial charge in [-0.25, -0.2) is 0 Å². The van der Waals surface area contributed by atoms with Crippen LogP contribution < -0.4 is 10.0 Å². The Bertz CT molecular complexity index is 580. The molecule has 1 aromatic rings. The van der Waals surface area contributed by atoms with Gasteiger partial charge in [-0.3, -0.25) is 9.52 Å². The van der Waals surface area contributed by atoms with Gasteiger partial charge in [0.15, 0.2) is 0 Å². The SMILES string of the molecule is CC(=O)Nc1cccc(NS(=O)(=O)N2CCCCC2)c1. The first-order valence-corrected chi connectivity index (χ1v) is 8.07. The average Bonchev–Trinajstić information content (AvgIpc) is 2.39. The fourth-order valence-electron chi connectivity index (χ4n) is 2.18. The summed E-state index contributed by atoms with van der Waals surface area (Å²) in [4.78, 5) is 11.0. The van der Waals surface area contributed by atoms with Crippen molar-refractivity contribution in [3.63, 3.8) is 0 Å². The maximum Gasteiger partial charge on any atom is 0.301 e. The normalized spacial score (nSPS) is 16.6. The number of nitrogens with one attached hydrogen (secondary N) is 2. The molecule has 0 aromatic heterocycles. The Morgan fingerprint density at radius 3 is 2.45 bits per heavy atom. The number of amides is 1. The Morgan fingerprint density at radius 2 is 1.80 bits per heavy atom. The highest BCUT2D eigenvalue weighted by Gasteiger charge is 2.23. The molecule has 1 aliphatic heterocycles. The maximum atomic E-state index is 12.2. The van der Waals surface area contributed by atoms with Crippen LogP contribution in [-0.2, 0) is 15.0 Å². The molecule has 0 radical (unpaired) electrons. The molecule has 110 valence electrons. The zero-order valence-electron chi connectivity index (χ0n) is 11.4. The van der Waals surface area contributed by atoms with Gasteiger partial charge in [0.25, 0.3) is 0 Å². The van der Waals surface area contributed by atoms with Crippen LogP contribution in [-0.4, -0.2) is 31.7 Å². The first-order valence-electron chi connectivity index (χ1n) is 6.63. The third-order valence-corrected chi connectivity index (χ3v) is 4.62. The summed E-state index contributed by atoms with van der Waals surface area (Å²) >= 11 is 0. The first-order chi connectivity index (χ1) is 9.47. The van der Waals surface area contributed by atoms with E-state index in [0.717, 1.165) is 19.3 Å². The lowest BCUT2D eigenvalue weighted by atomic mass is 10.2. The highest BCUT2D eigenvalue weighted by atomic mass is 32.2. The Hall–Kier alpha value is -1.60. The van der Waals surface area contributed by atoms with E-state index in [1.54, 1.807) is 24.3 Å². The summed E-state index contributed by atoms with van der Waals surface area (Å²) in [5, 5.41) is 2.62. The van der Waals surface area contributed by atoms with Crippen LogP contribution in [0, 0.1) is 0 Å². The number of anilines is 2. The molecule has 0 bridgehead atoms. The lowest BCUT2D eigenvalue weighted by molar-refractivity contribution is -0.114. The van der Waals surface area contributed by atoms with Crippen molar-refractivity contribution in [2.24, 2.45) is 0 Å². The van der Waals surface area contributed by atoms with Gasteiger partial charge in [-0.2, -0.15) is 12.7 Å². The molecule has 0 aliphatic carbocycles. The van der Waals surface area contributed by atoms with Crippen molar-refractivity contribution in [1.29, 1.82) is 0 Å². The minimum Gasteiger partial charge on any atom is -0.326 e. The third kappa shape index (κ3) is 3.94. The molecule has 1 aromatic carbocycles. The van der Waals surface area contributed by atoms with E-state index in [1.807, 2.05) is 0 Å². The molecule has 0 atom stereocenters. The van der Waals surface area contributed by atoms with Crippen molar-refractivity contribution in [2.75, 3.05) is 23.1 Å². The molecule has 1 heterocycles. The molecular weight excluding hydrogens is 278 g/mol. The van der Waals surface area contributed by atoms with Crippen molar-refractivity contribution in [2.45, 2.75) is 26.2 Å². The molecule has 1 fully saturated rings. The number of carbonyl (C=O) groups excluding carboxylic acids is 1. The molecule has 0 spiro atoms. The minimum absolute atomic E-state index is 0.193. The summed E-state index contributed by atoms with van der Waals surface area (Å²) in [5.74, 6) is -0.193. The lowest BCUT2D eigenvalue weighted by Gasteiger charge is -2.26. The average molecular weight is 297 g/mol. The number of benzene rings is 1. The zero-order chi connectivity index (χ0) is 14.6. The van der Waals surface area contributed by atoms with Crippen LogP contribution in [0.5, 0.6) is 0 Å². The van der Waals surface area contributed by atoms with Crippen LogP contribution in [0.3, 0.4) is 0 Å². The molecule has 7 heteroatoms. The molecule has 2 rings (SSSR count). The van der Waals surface area contributed by atoms with Crippen LogP contribution in [0.25, 0.3) is 0 Å². The summed E-state index contributed by atoms with van der Waals surface area (Å²) in [5.41, 5.74) is 1.01. The van der Waals surface area contributed by atoms with E-state index in [9.17, 15) is 13.2 Å². The molecule has 1 saturated heterocycles. The second kappa shape index (κ2) is 6.23. The van der Waals surface area contributed by atoms with Crippen LogP contribution in [0.15, 0.2) is 24.3 Å². The van der Waals surface area contributed by atoms with Gasteiger partial charge < -0.3 is 5.32 Å². The number of piperidine rings is 1. The molecular formula is C13H19N3O3S. The van der Waals surface area contributed by atoms with E-state index in [0.29, 0.717) is 24.5 Å². The summed E-state index contributed by atoms with van der Waals surface area (Å²) < 4.78 is 28.4. The minimum atomic E-state index is -3.51. The van der Waals surface area contributed by atoms with Crippen molar-refractivity contribution < 1.29 is 13.2 Å². The Kier molecular flexibility index (Phi) is 4.61. The van der Waals surface area contributed by atoms with Crippen LogP contribution >= 0.6 is 0 Å². The predicted molar refractivity (Wildman–Crippen MR) is 78.7 cm³/mol. The summed E-state index contributed by atoms with van der Waals surface area (Å²) in [6.45, 7) is 2.52. The fraction of sp³-hybridized carbons (Fsp3) is 0.462. The zero-order valence-corrected chi connectivity index (χ0v) is 12.2. The third-order valence-electron chi connectivity index (χ3n) is 3.08. The van der Waals surface area contributed by atoms with Crippen LogP contribution in [0.2, 0.25) is 0 Å². The number of hydrogen-bond donors (Lipinski definition) is 2. The van der Waals surface area contributed by atoms with Gasteiger partial charge >= 0.3 is 10.2 Å². The quantitative estimate of drug-likeness (QED) is 0.889. The van der Waals surface area contributed by atoms with Crippen molar-refractivity contribution in [3.05, 3.63) is 24.3 Å². The highest BCUT2D eigenvalue weighted by molar-refractivity contribution is 7.90. The van der Waals surface area contributed by atoms with E-state index in [2.05, 4.69) is 10.0 Å². The van der Waals surface area contributed by atoms with Gasteiger partial charge in [0.05, 0.1) is 5.69 Å². The van der Waals surface area contributed by atoms with E-state index in [4.69, 9.17) is 0 Å². The number of nitrogens with zero attached hydrogens (tertiary/aromatic N) is 1. The lowest BCUT2D eigenvalue weighted by Crippen LogP contribution is -2.39. The maximum absolute atomic E-state index is 12.2. The van der Waals surface area contributed by atoms with Gasteiger partial charge in [0.1, 0.15) is 0 Å². The van der Waals surface area contributed by atoms with Crippen LogP contribution in [0.1, 0.15) is 26.2 Å². The topological polar surface area (TPSA) is 78.5 Å². The summed E-state index contributed by atoms with van der Waals surface area (Å²) in [7, 11) is -3.51. The van der Waals surface area contributed by atoms with Gasteiger partial charge in [-0.05, 0) is 31.0 Å². The molecule has 1 aliphatic rings. The molecule has 20 heavy (non-hydrogen) atoms. The van der Waals surface area contributed by atoms with Crippen LogP contribution in [0.4, 0.5) is 11.4 Å². The fourth-order valence-corrected chi connectivity index (χ4v) is 3.48. The Morgan fingerprint density at radius 1 is 1.15 bits per heavy atom. The predicted octanol–water partition coefficient (Wildman–Crippen LogP) is 1.79. The van der Waals surface area contributed by atoms with Crippen molar-refractivity contribution in [1.82, 2.24) is 4.31 Å². The highest BCUT2D eigenvalue weighted by Crippen LogP contribution is 2.19. The Labute approximate surface area is 119 Å². The summed E-state index contributed by atoms with van der Waals surface area (Å²) in [6.07, 6.45) is 2.86. The van der Waals surface area contributed by atoms with Gasteiger partial charge in [-0.1, -0.05) is 12.5 Å². The van der Waals surface area contributed by atoms with Crippen molar-refractivity contribution in [3.8, 4) is 0 Å². The molecule has 0 unspecified atom stereocenters. The van der Waals surface area contributed by atoms with Gasteiger partial charge in [-0.15, -0.1) is 0 Å². The van der Waals surface area contributed by atoms with Gasteiger partial charge in [0.2, 0.25) is 5.91 Å². The molecule has 2 N–H and O–H groups in total. The number of rotatable bonds is 4. The summed E-state index contributed by atoms with van der Waals surface area (Å²) in [6, 6.07) is 6.66. The standard InChI is InChI=1S/C13H19N3O3S/c1-11(17)14-12-6-5-7-13(10-12)15-20(18,19)16-8-3-2-4-9-16/h5-7,10,15H,2-4,8-9H2,1H3,(H,14,17). The first kappa shape index (κ1) is 14.8. The van der Waals surface area contributed by atoms with Crippen molar-refractivity contribution >= 4 is 27.5 Å². The van der Waals surface area contributed by atoms with Gasteiger partial charge in [0, 0.05) is 25.7 Å². The largest absolute Gasteiger partial charge is 0.326 e. The number of carbonyl (C=O) groups is 1. The molecule has 6 nitrogen and oxygen atoms in total.